The highest BCUT2D eigenvalue weighted by atomic mass is 15.1. The normalized spacial score (nSPS) is 11.3. The minimum absolute atomic E-state index is 1.16. The molecule has 0 unspecified atom stereocenters. The lowest BCUT2D eigenvalue weighted by Crippen LogP contribution is -2.08. The summed E-state index contributed by atoms with van der Waals surface area (Å²) in [4.78, 5) is 4.45. The number of rotatable bonds is 6. The Bertz CT molecular complexity index is 2140. The second-order valence-electron chi connectivity index (χ2n) is 11.9. The van der Waals surface area contributed by atoms with Crippen molar-refractivity contribution in [2.45, 2.75) is 0 Å². The molecule has 0 aromatic heterocycles. The van der Waals surface area contributed by atoms with Gasteiger partial charge in [0.2, 0.25) is 0 Å². The molecule has 0 radical (unpaired) electrons. The Hall–Kier alpha value is -5.86. The van der Waals surface area contributed by atoms with Crippen LogP contribution in [0.3, 0.4) is 0 Å². The standard InChI is InChI=1S/C44H34N2/c1-45(33-13-5-3-6-14-33)35-25-21-31(22-26-35)41-29-43-40-20-12-10-18-38(40)42(30-44(43)39-19-11-9-17-37(39)41)32-23-27-36(28-24-32)46(2)34-15-7-4-8-16-34/h3-30H,1-2H3. The third kappa shape index (κ3) is 4.85. The van der Waals surface area contributed by atoms with Gasteiger partial charge in [0.15, 0.2) is 0 Å². The minimum atomic E-state index is 1.16. The summed E-state index contributed by atoms with van der Waals surface area (Å²) in [5, 5.41) is 7.62. The molecule has 0 spiro atoms. The van der Waals surface area contributed by atoms with Crippen molar-refractivity contribution in [3.05, 3.63) is 170 Å². The molecule has 0 aliphatic carbocycles. The monoisotopic (exact) mass is 590 g/mol. The summed E-state index contributed by atoms with van der Waals surface area (Å²) >= 11 is 0. The lowest BCUT2D eigenvalue weighted by atomic mass is 9.87. The highest BCUT2D eigenvalue weighted by molar-refractivity contribution is 6.23. The molecule has 0 fully saturated rings. The topological polar surface area (TPSA) is 6.48 Å². The zero-order chi connectivity index (χ0) is 31.0. The maximum absolute atomic E-state index is 2.40. The van der Waals surface area contributed by atoms with Crippen molar-refractivity contribution in [3.63, 3.8) is 0 Å². The first kappa shape index (κ1) is 27.7. The Kier molecular flexibility index (Phi) is 6.96. The summed E-state index contributed by atoms with van der Waals surface area (Å²) in [6.07, 6.45) is 0. The molecule has 0 atom stereocenters. The predicted octanol–water partition coefficient (Wildman–Crippen LogP) is 12.0. The van der Waals surface area contributed by atoms with Gasteiger partial charge in [-0.1, -0.05) is 109 Å². The van der Waals surface area contributed by atoms with Crippen LogP contribution < -0.4 is 9.80 Å². The van der Waals surface area contributed by atoms with Crippen LogP contribution in [0.4, 0.5) is 22.7 Å². The smallest absolute Gasteiger partial charge is 0.0408 e. The van der Waals surface area contributed by atoms with Crippen molar-refractivity contribution in [1.29, 1.82) is 0 Å². The third-order valence-electron chi connectivity index (χ3n) is 9.30. The molecule has 0 saturated carbocycles. The molecule has 0 aliphatic rings. The highest BCUT2D eigenvalue weighted by Crippen LogP contribution is 2.42. The molecule has 0 bridgehead atoms. The maximum Gasteiger partial charge on any atom is 0.0408 e. The quantitative estimate of drug-likeness (QED) is 0.178. The Morgan fingerprint density at radius 3 is 0.957 bits per heavy atom. The number of fused-ring (bicyclic) bond motifs is 5. The summed E-state index contributed by atoms with van der Waals surface area (Å²) in [7, 11) is 4.24. The maximum atomic E-state index is 2.40. The Balaban J connectivity index is 1.25. The zero-order valence-electron chi connectivity index (χ0n) is 26.1. The molecule has 2 nitrogen and oxygen atoms in total. The van der Waals surface area contributed by atoms with Crippen molar-refractivity contribution >= 4 is 55.1 Å². The van der Waals surface area contributed by atoms with E-state index in [0.717, 1.165) is 11.4 Å². The molecule has 8 aromatic carbocycles. The summed E-state index contributed by atoms with van der Waals surface area (Å²) in [5.41, 5.74) is 9.61. The van der Waals surface area contributed by atoms with Crippen LogP contribution in [0.2, 0.25) is 0 Å². The molecule has 46 heavy (non-hydrogen) atoms. The van der Waals surface area contributed by atoms with E-state index in [1.807, 2.05) is 0 Å². The van der Waals surface area contributed by atoms with Crippen LogP contribution in [-0.2, 0) is 0 Å². The molecular formula is C44H34N2. The van der Waals surface area contributed by atoms with E-state index in [1.54, 1.807) is 0 Å². The van der Waals surface area contributed by atoms with Crippen molar-refractivity contribution in [2.75, 3.05) is 23.9 Å². The third-order valence-corrected chi connectivity index (χ3v) is 9.30. The van der Waals surface area contributed by atoms with Crippen LogP contribution in [0.15, 0.2) is 170 Å². The van der Waals surface area contributed by atoms with Crippen LogP contribution in [0.5, 0.6) is 0 Å². The Morgan fingerprint density at radius 2 is 0.587 bits per heavy atom. The number of nitrogens with zero attached hydrogens (tertiary/aromatic N) is 2. The van der Waals surface area contributed by atoms with Gasteiger partial charge in [-0.25, -0.2) is 0 Å². The van der Waals surface area contributed by atoms with E-state index >= 15 is 0 Å². The highest BCUT2D eigenvalue weighted by Gasteiger charge is 2.15. The van der Waals surface area contributed by atoms with E-state index in [0.29, 0.717) is 0 Å². The molecule has 0 N–H and O–H groups in total. The van der Waals surface area contributed by atoms with Crippen LogP contribution in [0.25, 0.3) is 54.6 Å². The first-order chi connectivity index (χ1) is 22.7. The van der Waals surface area contributed by atoms with Gasteiger partial charge in [0.25, 0.3) is 0 Å². The van der Waals surface area contributed by atoms with Gasteiger partial charge in [-0.15, -0.1) is 0 Å². The number of benzene rings is 8. The van der Waals surface area contributed by atoms with Crippen LogP contribution >= 0.6 is 0 Å². The first-order valence-corrected chi connectivity index (χ1v) is 15.8. The summed E-state index contributed by atoms with van der Waals surface area (Å²) < 4.78 is 0. The molecule has 0 saturated heterocycles. The molecule has 0 amide bonds. The van der Waals surface area contributed by atoms with E-state index in [9.17, 15) is 0 Å². The number of para-hydroxylation sites is 2. The largest absolute Gasteiger partial charge is 0.345 e. The Morgan fingerprint density at radius 1 is 0.283 bits per heavy atom. The van der Waals surface area contributed by atoms with E-state index in [4.69, 9.17) is 0 Å². The molecule has 8 rings (SSSR count). The number of anilines is 4. The molecule has 2 heteroatoms. The lowest BCUT2D eigenvalue weighted by molar-refractivity contribution is 1.21. The molecule has 8 aromatic rings. The van der Waals surface area contributed by atoms with Crippen molar-refractivity contribution in [3.8, 4) is 22.3 Å². The van der Waals surface area contributed by atoms with Crippen molar-refractivity contribution in [2.24, 2.45) is 0 Å². The number of hydrogen-bond donors (Lipinski definition) is 0. The van der Waals surface area contributed by atoms with Gasteiger partial charge >= 0.3 is 0 Å². The fraction of sp³-hybridized carbons (Fsp3) is 0.0455. The van der Waals surface area contributed by atoms with Crippen LogP contribution in [0.1, 0.15) is 0 Å². The van der Waals surface area contributed by atoms with Gasteiger partial charge in [0.1, 0.15) is 0 Å². The van der Waals surface area contributed by atoms with E-state index in [1.165, 1.54) is 65.9 Å². The molecule has 220 valence electrons. The average Bonchev–Trinajstić information content (AvgIpc) is 3.14. The minimum Gasteiger partial charge on any atom is -0.345 e. The van der Waals surface area contributed by atoms with Gasteiger partial charge in [-0.05, 0) is 115 Å². The lowest BCUT2D eigenvalue weighted by Gasteiger charge is -2.21. The predicted molar refractivity (Wildman–Crippen MR) is 199 cm³/mol. The van der Waals surface area contributed by atoms with Gasteiger partial charge in [0, 0.05) is 36.8 Å². The van der Waals surface area contributed by atoms with Gasteiger partial charge in [-0.2, -0.15) is 0 Å². The summed E-state index contributed by atoms with van der Waals surface area (Å²) in [5.74, 6) is 0. The molecule has 0 heterocycles. The fourth-order valence-corrected chi connectivity index (χ4v) is 6.76. The van der Waals surface area contributed by atoms with Gasteiger partial charge < -0.3 is 9.80 Å². The fourth-order valence-electron chi connectivity index (χ4n) is 6.76. The SMILES string of the molecule is CN(c1ccccc1)c1ccc(-c2cc3c4ccccc4c(-c4ccc(N(C)c5ccccc5)cc4)cc3c3ccccc23)cc1. The van der Waals surface area contributed by atoms with Crippen molar-refractivity contribution in [1.82, 2.24) is 0 Å². The summed E-state index contributed by atoms with van der Waals surface area (Å²) in [6.45, 7) is 0. The van der Waals surface area contributed by atoms with Crippen LogP contribution in [-0.4, -0.2) is 14.1 Å². The van der Waals surface area contributed by atoms with E-state index < -0.39 is 0 Å². The molecular weight excluding hydrogens is 556 g/mol. The zero-order valence-corrected chi connectivity index (χ0v) is 26.1. The van der Waals surface area contributed by atoms with Crippen LogP contribution in [0, 0.1) is 0 Å². The van der Waals surface area contributed by atoms with E-state index in [2.05, 4.69) is 194 Å². The summed E-state index contributed by atoms with van der Waals surface area (Å²) in [6, 6.07) is 61.4. The average molecular weight is 591 g/mol. The second kappa shape index (κ2) is 11.6. The Labute approximate surface area is 270 Å². The van der Waals surface area contributed by atoms with Gasteiger partial charge in [0.05, 0.1) is 0 Å². The second-order valence-corrected chi connectivity index (χ2v) is 11.9. The van der Waals surface area contributed by atoms with E-state index in [-0.39, 0.29) is 0 Å². The molecule has 0 aliphatic heterocycles. The van der Waals surface area contributed by atoms with Gasteiger partial charge in [-0.3, -0.25) is 0 Å². The first-order valence-electron chi connectivity index (χ1n) is 15.8. The van der Waals surface area contributed by atoms with Crippen molar-refractivity contribution < 1.29 is 0 Å². The number of hydrogen-bond acceptors (Lipinski definition) is 2.